The molecule has 1 rings (SSSR count). The molecule has 0 aromatic rings. The Morgan fingerprint density at radius 2 is 2.21 bits per heavy atom. The van der Waals surface area contributed by atoms with Crippen LogP contribution in [-0.4, -0.2) is 49.3 Å². The highest BCUT2D eigenvalue weighted by Gasteiger charge is 2.29. The van der Waals surface area contributed by atoms with E-state index < -0.39 is 0 Å². The smallest absolute Gasteiger partial charge is 0.191 e. The highest BCUT2D eigenvalue weighted by Crippen LogP contribution is 2.37. The Morgan fingerprint density at radius 1 is 1.37 bits per heavy atom. The van der Waals surface area contributed by atoms with Crippen LogP contribution in [0.3, 0.4) is 0 Å². The number of hydrogen-bond acceptors (Lipinski definition) is 3. The van der Waals surface area contributed by atoms with E-state index in [1.807, 2.05) is 6.92 Å². The molecule has 0 aliphatic carbocycles. The fraction of sp³-hybridized carbons (Fsp3) is 0.929. The molecule has 5 heteroatoms. The summed E-state index contributed by atoms with van der Waals surface area (Å²) >= 11 is 2.06. The van der Waals surface area contributed by atoms with Gasteiger partial charge in [-0.25, -0.2) is 0 Å². The molecule has 0 aromatic heterocycles. The molecular formula is C14H29N3OS. The molecule has 1 atom stereocenters. The number of nitrogens with zero attached hydrogens (tertiary/aromatic N) is 1. The number of ether oxygens (including phenoxy) is 1. The highest BCUT2D eigenvalue weighted by molar-refractivity contribution is 8.00. The maximum atomic E-state index is 5.33. The first-order valence-electron chi connectivity index (χ1n) is 7.44. The van der Waals surface area contributed by atoms with E-state index in [2.05, 4.69) is 36.2 Å². The summed E-state index contributed by atoms with van der Waals surface area (Å²) in [5.74, 6) is 2.22. The van der Waals surface area contributed by atoms with Gasteiger partial charge >= 0.3 is 0 Å². The number of thioether (sulfide) groups is 1. The first-order valence-corrected chi connectivity index (χ1v) is 8.42. The lowest BCUT2D eigenvalue weighted by molar-refractivity contribution is 0.145. The first kappa shape index (κ1) is 16.6. The van der Waals surface area contributed by atoms with Crippen molar-refractivity contribution < 1.29 is 4.74 Å². The van der Waals surface area contributed by atoms with Gasteiger partial charge in [0.2, 0.25) is 0 Å². The van der Waals surface area contributed by atoms with Gasteiger partial charge in [0.25, 0.3) is 0 Å². The molecule has 19 heavy (non-hydrogen) atoms. The van der Waals surface area contributed by atoms with Crippen molar-refractivity contribution in [2.75, 3.05) is 38.6 Å². The van der Waals surface area contributed by atoms with Gasteiger partial charge in [0.05, 0.1) is 6.54 Å². The number of guanidine groups is 1. The zero-order valence-corrected chi connectivity index (χ0v) is 13.4. The quantitative estimate of drug-likeness (QED) is 0.408. The Balaban J connectivity index is 2.29. The Labute approximate surface area is 122 Å². The first-order chi connectivity index (χ1) is 9.20. The van der Waals surface area contributed by atoms with Crippen LogP contribution in [0.1, 0.15) is 40.0 Å². The van der Waals surface area contributed by atoms with Gasteiger partial charge in [-0.3, -0.25) is 4.99 Å². The van der Waals surface area contributed by atoms with Gasteiger partial charge in [-0.05, 0) is 45.8 Å². The van der Waals surface area contributed by atoms with E-state index in [0.29, 0.717) is 4.75 Å². The van der Waals surface area contributed by atoms with E-state index in [1.165, 1.54) is 18.6 Å². The van der Waals surface area contributed by atoms with Crippen molar-refractivity contribution in [2.24, 2.45) is 4.99 Å². The second-order valence-corrected chi connectivity index (χ2v) is 6.76. The van der Waals surface area contributed by atoms with E-state index in [9.17, 15) is 0 Å². The van der Waals surface area contributed by atoms with Crippen LogP contribution in [0.15, 0.2) is 4.99 Å². The Bertz CT molecular complexity index is 265. The highest BCUT2D eigenvalue weighted by atomic mass is 32.2. The largest absolute Gasteiger partial charge is 0.382 e. The molecule has 1 unspecified atom stereocenters. The molecule has 1 aliphatic heterocycles. The van der Waals surface area contributed by atoms with Crippen molar-refractivity contribution >= 4 is 17.7 Å². The van der Waals surface area contributed by atoms with E-state index in [0.717, 1.165) is 45.2 Å². The molecule has 0 aromatic carbocycles. The molecule has 112 valence electrons. The van der Waals surface area contributed by atoms with E-state index in [-0.39, 0.29) is 0 Å². The van der Waals surface area contributed by atoms with Crippen molar-refractivity contribution in [3.63, 3.8) is 0 Å². The van der Waals surface area contributed by atoms with Gasteiger partial charge < -0.3 is 15.4 Å². The fourth-order valence-electron chi connectivity index (χ4n) is 2.07. The number of rotatable bonds is 8. The van der Waals surface area contributed by atoms with Crippen molar-refractivity contribution in [1.82, 2.24) is 10.6 Å². The zero-order valence-electron chi connectivity index (χ0n) is 12.6. The second kappa shape index (κ2) is 9.48. The molecule has 0 amide bonds. The van der Waals surface area contributed by atoms with Crippen molar-refractivity contribution in [1.29, 1.82) is 0 Å². The van der Waals surface area contributed by atoms with Gasteiger partial charge in [-0.1, -0.05) is 0 Å². The van der Waals surface area contributed by atoms with Gasteiger partial charge in [0, 0.05) is 31.1 Å². The van der Waals surface area contributed by atoms with Gasteiger partial charge in [-0.2, -0.15) is 11.8 Å². The van der Waals surface area contributed by atoms with Crippen molar-refractivity contribution in [3.8, 4) is 0 Å². The second-order valence-electron chi connectivity index (χ2n) is 5.07. The number of hydrogen-bond donors (Lipinski definition) is 2. The maximum Gasteiger partial charge on any atom is 0.191 e. The van der Waals surface area contributed by atoms with Gasteiger partial charge in [0.15, 0.2) is 5.96 Å². The van der Waals surface area contributed by atoms with Crippen LogP contribution in [0.4, 0.5) is 0 Å². The molecule has 0 radical (unpaired) electrons. The van der Waals surface area contributed by atoms with E-state index in [4.69, 9.17) is 9.73 Å². The average Bonchev–Trinajstić information content (AvgIpc) is 2.83. The number of aliphatic imine (C=N–C) groups is 1. The SMILES string of the molecule is CCNC(=NCC1(C)CCCS1)NCCCOCC. The number of nitrogens with one attached hydrogen (secondary N) is 2. The lowest BCUT2D eigenvalue weighted by Gasteiger charge is -2.21. The monoisotopic (exact) mass is 287 g/mol. The van der Waals surface area contributed by atoms with Crippen LogP contribution in [0.25, 0.3) is 0 Å². The van der Waals surface area contributed by atoms with Crippen molar-refractivity contribution in [3.05, 3.63) is 0 Å². The third-order valence-corrected chi connectivity index (χ3v) is 4.70. The summed E-state index contributed by atoms with van der Waals surface area (Å²) in [6.45, 7) is 10.8. The molecule has 0 bridgehead atoms. The van der Waals surface area contributed by atoms with Crippen LogP contribution in [-0.2, 0) is 4.74 Å². The van der Waals surface area contributed by atoms with Crippen LogP contribution >= 0.6 is 11.8 Å². The van der Waals surface area contributed by atoms with E-state index in [1.54, 1.807) is 0 Å². The Kier molecular flexibility index (Phi) is 8.30. The summed E-state index contributed by atoms with van der Waals surface area (Å²) in [5.41, 5.74) is 0. The normalized spacial score (nSPS) is 23.6. The van der Waals surface area contributed by atoms with Gasteiger partial charge in [0.1, 0.15) is 0 Å². The molecule has 0 saturated carbocycles. The maximum absolute atomic E-state index is 5.33. The molecule has 4 nitrogen and oxygen atoms in total. The molecule has 2 N–H and O–H groups in total. The third-order valence-electron chi connectivity index (χ3n) is 3.18. The predicted molar refractivity (Wildman–Crippen MR) is 85.2 cm³/mol. The minimum Gasteiger partial charge on any atom is -0.382 e. The summed E-state index contributed by atoms with van der Waals surface area (Å²) in [4.78, 5) is 4.72. The van der Waals surface area contributed by atoms with Crippen LogP contribution in [0, 0.1) is 0 Å². The average molecular weight is 287 g/mol. The standard InChI is InChI=1S/C14H29N3OS/c1-4-15-13(16-9-7-10-18-5-2)17-12-14(3)8-6-11-19-14/h4-12H2,1-3H3,(H2,15,16,17). The van der Waals surface area contributed by atoms with E-state index >= 15 is 0 Å². The van der Waals surface area contributed by atoms with Gasteiger partial charge in [-0.15, -0.1) is 0 Å². The molecular weight excluding hydrogens is 258 g/mol. The lowest BCUT2D eigenvalue weighted by atomic mass is 10.1. The Hall–Kier alpha value is -0.420. The summed E-state index contributed by atoms with van der Waals surface area (Å²) in [5, 5.41) is 6.67. The summed E-state index contributed by atoms with van der Waals surface area (Å²) < 4.78 is 5.67. The predicted octanol–water partition coefficient (Wildman–Crippen LogP) is 2.25. The molecule has 1 saturated heterocycles. The Morgan fingerprint density at radius 3 is 2.84 bits per heavy atom. The topological polar surface area (TPSA) is 45.7 Å². The van der Waals surface area contributed by atoms with Crippen LogP contribution < -0.4 is 10.6 Å². The zero-order chi connectivity index (χ0) is 14.0. The van der Waals surface area contributed by atoms with Crippen molar-refractivity contribution in [2.45, 2.75) is 44.8 Å². The molecule has 1 aliphatic rings. The summed E-state index contributed by atoms with van der Waals surface area (Å²) in [6, 6.07) is 0. The fourth-order valence-corrected chi connectivity index (χ4v) is 3.30. The lowest BCUT2D eigenvalue weighted by Crippen LogP contribution is -2.39. The minimum absolute atomic E-state index is 0.341. The summed E-state index contributed by atoms with van der Waals surface area (Å²) in [7, 11) is 0. The minimum atomic E-state index is 0.341. The molecule has 1 fully saturated rings. The third kappa shape index (κ3) is 7.06. The summed E-state index contributed by atoms with van der Waals surface area (Å²) in [6.07, 6.45) is 3.63. The molecule has 1 heterocycles. The molecule has 0 spiro atoms. The van der Waals surface area contributed by atoms with Crippen LogP contribution in [0.5, 0.6) is 0 Å². The van der Waals surface area contributed by atoms with Crippen LogP contribution in [0.2, 0.25) is 0 Å².